The van der Waals surface area contributed by atoms with Gasteiger partial charge in [0.2, 0.25) is 0 Å². The van der Waals surface area contributed by atoms with Gasteiger partial charge in [-0.2, -0.15) is 5.10 Å². The second kappa shape index (κ2) is 9.01. The highest BCUT2D eigenvalue weighted by Gasteiger charge is 2.04. The van der Waals surface area contributed by atoms with E-state index in [-0.39, 0.29) is 5.91 Å². The zero-order valence-electron chi connectivity index (χ0n) is 14.9. The van der Waals surface area contributed by atoms with Gasteiger partial charge < -0.3 is 4.74 Å². The fraction of sp³-hybridized carbons (Fsp3) is 0.0909. The largest absolute Gasteiger partial charge is 0.489 e. The van der Waals surface area contributed by atoms with Crippen molar-refractivity contribution >= 4 is 23.7 Å². The quantitative estimate of drug-likeness (QED) is 0.485. The summed E-state index contributed by atoms with van der Waals surface area (Å²) in [7, 11) is 0. The number of benzene rings is 3. The second-order valence-electron chi connectivity index (χ2n) is 6.05. The van der Waals surface area contributed by atoms with Gasteiger partial charge in [-0.1, -0.05) is 53.6 Å². The van der Waals surface area contributed by atoms with Crippen molar-refractivity contribution in [2.45, 2.75) is 13.5 Å². The molecule has 3 aromatic rings. The Morgan fingerprint density at radius 3 is 2.33 bits per heavy atom. The first kappa shape index (κ1) is 18.7. The lowest BCUT2D eigenvalue weighted by Crippen LogP contribution is -2.17. The van der Waals surface area contributed by atoms with E-state index in [1.807, 2.05) is 55.5 Å². The number of carbonyl (C=O) groups excluding carboxylic acids is 1. The molecule has 0 radical (unpaired) electrons. The molecule has 0 heterocycles. The van der Waals surface area contributed by atoms with Crippen LogP contribution < -0.4 is 10.2 Å². The first-order valence-corrected chi connectivity index (χ1v) is 8.85. The van der Waals surface area contributed by atoms with Gasteiger partial charge in [-0.3, -0.25) is 4.79 Å². The highest BCUT2D eigenvalue weighted by Crippen LogP contribution is 2.14. The number of hydrogen-bond donors (Lipinski definition) is 1. The molecule has 4 nitrogen and oxygen atoms in total. The lowest BCUT2D eigenvalue weighted by atomic mass is 10.1. The Labute approximate surface area is 163 Å². The van der Waals surface area contributed by atoms with Crippen LogP contribution in [-0.2, 0) is 6.61 Å². The molecule has 1 amide bonds. The van der Waals surface area contributed by atoms with Crippen molar-refractivity contribution in [1.29, 1.82) is 0 Å². The van der Waals surface area contributed by atoms with Crippen LogP contribution >= 0.6 is 11.6 Å². The molecule has 0 aliphatic rings. The molecule has 0 atom stereocenters. The Morgan fingerprint density at radius 2 is 1.67 bits per heavy atom. The molecule has 0 unspecified atom stereocenters. The first-order valence-electron chi connectivity index (χ1n) is 8.47. The molecule has 0 fully saturated rings. The fourth-order valence-electron chi connectivity index (χ4n) is 2.33. The summed E-state index contributed by atoms with van der Waals surface area (Å²) in [6.45, 7) is 2.48. The lowest BCUT2D eigenvalue weighted by molar-refractivity contribution is 0.0955. The summed E-state index contributed by atoms with van der Waals surface area (Å²) < 4.78 is 5.74. The Bertz CT molecular complexity index is 918. The molecule has 0 aliphatic heterocycles. The smallest absolute Gasteiger partial charge is 0.271 e. The summed E-state index contributed by atoms with van der Waals surface area (Å²) in [6.07, 6.45) is 1.57. The van der Waals surface area contributed by atoms with Gasteiger partial charge in [0, 0.05) is 10.6 Å². The van der Waals surface area contributed by atoms with E-state index in [4.69, 9.17) is 16.3 Å². The first-order chi connectivity index (χ1) is 13.1. The normalized spacial score (nSPS) is 10.7. The number of nitrogens with one attached hydrogen (secondary N) is 1. The van der Waals surface area contributed by atoms with Crippen LogP contribution in [-0.4, -0.2) is 12.1 Å². The summed E-state index contributed by atoms with van der Waals surface area (Å²) >= 11 is 5.83. The van der Waals surface area contributed by atoms with Crippen molar-refractivity contribution in [2.75, 3.05) is 0 Å². The van der Waals surface area contributed by atoms with E-state index in [9.17, 15) is 4.79 Å². The van der Waals surface area contributed by atoms with Gasteiger partial charge in [0.25, 0.3) is 5.91 Å². The summed E-state index contributed by atoms with van der Waals surface area (Å²) in [4.78, 5) is 12.1. The third-order valence-corrected chi connectivity index (χ3v) is 4.14. The van der Waals surface area contributed by atoms with Crippen molar-refractivity contribution < 1.29 is 9.53 Å². The van der Waals surface area contributed by atoms with Crippen molar-refractivity contribution in [3.63, 3.8) is 0 Å². The maximum atomic E-state index is 12.1. The molecule has 0 saturated carbocycles. The van der Waals surface area contributed by atoms with Gasteiger partial charge in [-0.25, -0.2) is 5.43 Å². The summed E-state index contributed by atoms with van der Waals surface area (Å²) in [5.74, 6) is 0.546. The lowest BCUT2D eigenvalue weighted by Gasteiger charge is -2.07. The zero-order chi connectivity index (χ0) is 19.1. The van der Waals surface area contributed by atoms with E-state index in [2.05, 4.69) is 10.5 Å². The van der Waals surface area contributed by atoms with Gasteiger partial charge in [0.05, 0.1) is 6.21 Å². The van der Waals surface area contributed by atoms with Crippen LogP contribution in [0.1, 0.15) is 27.0 Å². The SMILES string of the molecule is Cc1ccc(OCc2ccc(C(=O)N/N=C\c3ccc(Cl)cc3)cc2)cc1. The van der Waals surface area contributed by atoms with Crippen LogP contribution in [0.5, 0.6) is 5.75 Å². The van der Waals surface area contributed by atoms with Gasteiger partial charge in [-0.05, 0) is 54.4 Å². The average Bonchev–Trinajstić information content (AvgIpc) is 2.69. The molecule has 0 spiro atoms. The molecular weight excluding hydrogens is 360 g/mol. The van der Waals surface area contributed by atoms with Crippen LogP contribution in [0.2, 0.25) is 5.02 Å². The number of aryl methyl sites for hydroxylation is 1. The fourth-order valence-corrected chi connectivity index (χ4v) is 2.46. The van der Waals surface area contributed by atoms with Crippen molar-refractivity contribution in [1.82, 2.24) is 5.43 Å². The minimum Gasteiger partial charge on any atom is -0.489 e. The summed E-state index contributed by atoms with van der Waals surface area (Å²) in [6, 6.07) is 22.3. The number of amides is 1. The van der Waals surface area contributed by atoms with Gasteiger partial charge in [-0.15, -0.1) is 0 Å². The van der Waals surface area contributed by atoms with Crippen LogP contribution in [0.3, 0.4) is 0 Å². The minimum atomic E-state index is -0.272. The predicted molar refractivity (Wildman–Crippen MR) is 108 cm³/mol. The van der Waals surface area contributed by atoms with Crippen molar-refractivity contribution in [3.05, 3.63) is 100 Å². The van der Waals surface area contributed by atoms with Crippen LogP contribution in [0.4, 0.5) is 0 Å². The standard InChI is InChI=1S/C22H19ClN2O2/c1-16-2-12-21(13-3-16)27-15-18-4-8-19(9-5-18)22(26)25-24-14-17-6-10-20(23)11-7-17/h2-14H,15H2,1H3,(H,25,26)/b24-14-. The van der Waals surface area contributed by atoms with Crippen molar-refractivity contribution in [2.24, 2.45) is 5.10 Å². The number of carbonyl (C=O) groups is 1. The van der Waals surface area contributed by atoms with E-state index in [0.717, 1.165) is 16.9 Å². The summed E-state index contributed by atoms with van der Waals surface area (Å²) in [5.41, 5.74) is 6.07. The minimum absolute atomic E-state index is 0.272. The predicted octanol–water partition coefficient (Wildman–Crippen LogP) is 4.99. The maximum Gasteiger partial charge on any atom is 0.271 e. The van der Waals surface area contributed by atoms with E-state index < -0.39 is 0 Å². The molecular formula is C22H19ClN2O2. The molecule has 27 heavy (non-hydrogen) atoms. The highest BCUT2D eigenvalue weighted by atomic mass is 35.5. The number of halogens is 1. The molecule has 3 aromatic carbocycles. The monoisotopic (exact) mass is 378 g/mol. The average molecular weight is 379 g/mol. The summed E-state index contributed by atoms with van der Waals surface area (Å²) in [5, 5.41) is 4.62. The van der Waals surface area contributed by atoms with E-state index in [1.54, 1.807) is 30.5 Å². The molecule has 0 aromatic heterocycles. The maximum absolute atomic E-state index is 12.1. The van der Waals surface area contributed by atoms with Crippen LogP contribution in [0.25, 0.3) is 0 Å². The number of nitrogens with zero attached hydrogens (tertiary/aromatic N) is 1. The third-order valence-electron chi connectivity index (χ3n) is 3.89. The molecule has 5 heteroatoms. The Hall–Kier alpha value is -3.11. The topological polar surface area (TPSA) is 50.7 Å². The molecule has 136 valence electrons. The number of hydrogen-bond acceptors (Lipinski definition) is 3. The number of rotatable bonds is 6. The molecule has 0 saturated heterocycles. The van der Waals surface area contributed by atoms with E-state index >= 15 is 0 Å². The number of hydrazone groups is 1. The van der Waals surface area contributed by atoms with Crippen molar-refractivity contribution in [3.8, 4) is 5.75 Å². The van der Waals surface area contributed by atoms with E-state index in [0.29, 0.717) is 17.2 Å². The highest BCUT2D eigenvalue weighted by molar-refractivity contribution is 6.30. The Morgan fingerprint density at radius 1 is 1.00 bits per heavy atom. The third kappa shape index (κ3) is 5.69. The van der Waals surface area contributed by atoms with Gasteiger partial charge >= 0.3 is 0 Å². The van der Waals surface area contributed by atoms with Crippen LogP contribution in [0, 0.1) is 6.92 Å². The molecule has 3 rings (SSSR count). The Balaban J connectivity index is 1.52. The molecule has 0 aliphatic carbocycles. The second-order valence-corrected chi connectivity index (χ2v) is 6.49. The Kier molecular flexibility index (Phi) is 6.23. The van der Waals surface area contributed by atoms with Gasteiger partial charge in [0.1, 0.15) is 12.4 Å². The zero-order valence-corrected chi connectivity index (χ0v) is 15.6. The number of ether oxygens (including phenoxy) is 1. The van der Waals surface area contributed by atoms with E-state index in [1.165, 1.54) is 5.56 Å². The van der Waals surface area contributed by atoms with Gasteiger partial charge in [0.15, 0.2) is 0 Å². The molecule has 0 bridgehead atoms. The molecule has 1 N–H and O–H groups in total. The van der Waals surface area contributed by atoms with Crippen LogP contribution in [0.15, 0.2) is 77.9 Å².